The van der Waals surface area contributed by atoms with Crippen molar-refractivity contribution in [1.29, 1.82) is 0 Å². The summed E-state index contributed by atoms with van der Waals surface area (Å²) in [7, 11) is 0. The van der Waals surface area contributed by atoms with E-state index in [4.69, 9.17) is 4.98 Å². The zero-order valence-corrected chi connectivity index (χ0v) is 21.4. The zero-order chi connectivity index (χ0) is 23.4. The van der Waals surface area contributed by atoms with E-state index in [2.05, 4.69) is 128 Å². The molecule has 0 amide bonds. The Balaban J connectivity index is 1.72. The van der Waals surface area contributed by atoms with Gasteiger partial charge in [0.25, 0.3) is 0 Å². The quantitative estimate of drug-likeness (QED) is 0.169. The van der Waals surface area contributed by atoms with Crippen molar-refractivity contribution in [2.24, 2.45) is 0 Å². The van der Waals surface area contributed by atoms with Crippen LogP contribution in [0.3, 0.4) is 0 Å². The van der Waals surface area contributed by atoms with Crippen LogP contribution < -0.4 is 15.9 Å². The number of para-hydroxylation sites is 2. The number of hydrogen-bond acceptors (Lipinski definition) is 2. The fourth-order valence-corrected chi connectivity index (χ4v) is 10.3. The summed E-state index contributed by atoms with van der Waals surface area (Å²) in [4.78, 5) is 9.71. The van der Waals surface area contributed by atoms with Crippen LogP contribution >= 0.6 is 5.51 Å². The van der Waals surface area contributed by atoms with Gasteiger partial charge in [-0.1, -0.05) is 0 Å². The second kappa shape index (κ2) is 8.00. The Bertz CT molecular complexity index is 1880. The summed E-state index contributed by atoms with van der Waals surface area (Å²) in [6.07, 6.45) is 3.85. The van der Waals surface area contributed by atoms with Gasteiger partial charge >= 0.3 is 211 Å². The molecular formula is C30H20N3PSe. The van der Waals surface area contributed by atoms with Crippen LogP contribution in [0.2, 0.25) is 0 Å². The van der Waals surface area contributed by atoms with Crippen molar-refractivity contribution >= 4 is 74.9 Å². The summed E-state index contributed by atoms with van der Waals surface area (Å²) < 4.78 is 2.37. The monoisotopic (exact) mass is 533 g/mol. The van der Waals surface area contributed by atoms with Crippen LogP contribution in [-0.2, 0) is 0 Å². The second-order valence-electron chi connectivity index (χ2n) is 8.63. The Morgan fingerprint density at radius 2 is 1.34 bits per heavy atom. The van der Waals surface area contributed by atoms with E-state index in [1.54, 1.807) is 0 Å². The molecule has 0 fully saturated rings. The molecule has 0 aliphatic carbocycles. The molecule has 0 saturated carbocycles. The molecule has 0 saturated heterocycles. The molecule has 35 heavy (non-hydrogen) atoms. The van der Waals surface area contributed by atoms with Crippen LogP contribution in [-0.4, -0.2) is 29.5 Å². The molecule has 1 atom stereocenters. The van der Waals surface area contributed by atoms with E-state index in [1.165, 1.54) is 37.6 Å². The van der Waals surface area contributed by atoms with Crippen molar-refractivity contribution in [2.75, 3.05) is 0 Å². The van der Waals surface area contributed by atoms with Crippen molar-refractivity contribution in [3.8, 4) is 0 Å². The summed E-state index contributed by atoms with van der Waals surface area (Å²) in [6, 6.07) is 38.8. The molecule has 0 bridgehead atoms. The molecule has 3 heterocycles. The average Bonchev–Trinajstić information content (AvgIpc) is 3.34. The van der Waals surface area contributed by atoms with Crippen molar-refractivity contribution in [3.63, 3.8) is 0 Å². The average molecular weight is 532 g/mol. The van der Waals surface area contributed by atoms with Gasteiger partial charge in [0.1, 0.15) is 0 Å². The molecule has 7 aromatic rings. The standard InChI is InChI=1S/C30H20N3PSe/c35-34(21-10-2-1-3-11-21,22-12-9-19-31-20-22)28-18-8-16-26-29(28)33-27-17-7-6-14-24(27)23-13-4-5-15-25(23)30(33)32-26/h1-20H. The van der Waals surface area contributed by atoms with Crippen LogP contribution in [0.25, 0.3) is 38.4 Å². The van der Waals surface area contributed by atoms with Crippen LogP contribution in [0, 0.1) is 0 Å². The van der Waals surface area contributed by atoms with E-state index in [-0.39, 0.29) is 0 Å². The maximum atomic E-state index is 5.21. The molecule has 3 nitrogen and oxygen atoms in total. The van der Waals surface area contributed by atoms with Crippen LogP contribution in [0.4, 0.5) is 0 Å². The third kappa shape index (κ3) is 3.01. The number of benzene rings is 4. The first kappa shape index (κ1) is 20.8. The summed E-state index contributed by atoms with van der Waals surface area (Å²) in [5.41, 5.74) is 2.19. The fraction of sp³-hybridized carbons (Fsp3) is 0. The second-order valence-corrected chi connectivity index (χ2v) is 14.8. The Morgan fingerprint density at radius 1 is 0.629 bits per heavy atom. The van der Waals surface area contributed by atoms with E-state index in [9.17, 15) is 0 Å². The van der Waals surface area contributed by atoms with E-state index in [0.717, 1.165) is 16.7 Å². The first-order chi connectivity index (χ1) is 17.3. The summed E-state index contributed by atoms with van der Waals surface area (Å²) in [5, 5.41) is 7.38. The Morgan fingerprint density at radius 3 is 2.14 bits per heavy atom. The zero-order valence-electron chi connectivity index (χ0n) is 18.7. The fourth-order valence-electron chi connectivity index (χ4n) is 5.19. The third-order valence-electron chi connectivity index (χ3n) is 6.73. The molecule has 0 radical (unpaired) electrons. The van der Waals surface area contributed by atoms with Gasteiger partial charge in [0.15, 0.2) is 0 Å². The predicted octanol–water partition coefficient (Wildman–Crippen LogP) is 5.57. The molecule has 0 aliphatic rings. The predicted molar refractivity (Wildman–Crippen MR) is 150 cm³/mol. The van der Waals surface area contributed by atoms with Gasteiger partial charge in [-0.3, -0.25) is 0 Å². The number of nitrogens with zero attached hydrogens (tertiary/aromatic N) is 3. The van der Waals surface area contributed by atoms with Gasteiger partial charge in [-0.25, -0.2) is 0 Å². The van der Waals surface area contributed by atoms with E-state index in [1.807, 2.05) is 18.5 Å². The number of aromatic nitrogens is 3. The van der Waals surface area contributed by atoms with Gasteiger partial charge in [0, 0.05) is 0 Å². The van der Waals surface area contributed by atoms with Crippen LogP contribution in [0.5, 0.6) is 0 Å². The van der Waals surface area contributed by atoms with E-state index < -0.39 is 5.51 Å². The molecule has 4 aromatic carbocycles. The number of fused-ring (bicyclic) bond motifs is 8. The minimum atomic E-state index is -2.13. The molecule has 0 spiro atoms. The Hall–Kier alpha value is -3.55. The number of hydrogen-bond donors (Lipinski definition) is 0. The third-order valence-corrected chi connectivity index (χ3v) is 13.7. The van der Waals surface area contributed by atoms with Gasteiger partial charge in [0.2, 0.25) is 0 Å². The molecule has 1 unspecified atom stereocenters. The topological polar surface area (TPSA) is 30.2 Å². The molecule has 0 N–H and O–H groups in total. The van der Waals surface area contributed by atoms with Gasteiger partial charge in [-0.2, -0.15) is 0 Å². The first-order valence-corrected chi connectivity index (χ1v) is 15.5. The number of imidazole rings is 1. The van der Waals surface area contributed by atoms with Gasteiger partial charge in [0.05, 0.1) is 0 Å². The normalized spacial score (nSPS) is 13.5. The van der Waals surface area contributed by atoms with Gasteiger partial charge in [-0.15, -0.1) is 0 Å². The van der Waals surface area contributed by atoms with Crippen molar-refractivity contribution < 1.29 is 0 Å². The van der Waals surface area contributed by atoms with Crippen molar-refractivity contribution in [2.45, 2.75) is 0 Å². The van der Waals surface area contributed by atoms with Crippen LogP contribution in [0.15, 0.2) is 122 Å². The summed E-state index contributed by atoms with van der Waals surface area (Å²) in [5.74, 6) is 0. The number of rotatable bonds is 3. The molecule has 166 valence electrons. The Kier molecular flexibility index (Phi) is 4.75. The molecule has 7 rings (SSSR count). The molecular weight excluding hydrogens is 512 g/mol. The Labute approximate surface area is 210 Å². The van der Waals surface area contributed by atoms with Gasteiger partial charge in [-0.05, 0) is 0 Å². The summed E-state index contributed by atoms with van der Waals surface area (Å²) >= 11 is 3.70. The SMILES string of the molecule is [Se]=P(c1ccccc1)(c1cccnc1)c1cccc2nc3c4ccccc4c4ccccc4n3c12. The van der Waals surface area contributed by atoms with Gasteiger partial charge < -0.3 is 0 Å². The maximum absolute atomic E-state index is 5.21. The minimum absolute atomic E-state index is 0.993. The van der Waals surface area contributed by atoms with Crippen molar-refractivity contribution in [1.82, 2.24) is 14.4 Å². The summed E-state index contributed by atoms with van der Waals surface area (Å²) in [6.45, 7) is 0. The van der Waals surface area contributed by atoms with Crippen molar-refractivity contribution in [3.05, 3.63) is 122 Å². The molecule has 0 aliphatic heterocycles. The van der Waals surface area contributed by atoms with E-state index in [0.29, 0.717) is 0 Å². The van der Waals surface area contributed by atoms with E-state index >= 15 is 0 Å². The first-order valence-electron chi connectivity index (χ1n) is 11.5. The molecule has 3 aromatic heterocycles. The number of pyridine rings is 2. The van der Waals surface area contributed by atoms with Crippen LogP contribution in [0.1, 0.15) is 0 Å². The molecule has 5 heteroatoms.